The van der Waals surface area contributed by atoms with E-state index in [0.717, 1.165) is 24.9 Å². The second-order valence-corrected chi connectivity index (χ2v) is 5.84. The number of rotatable bonds is 6. The highest BCUT2D eigenvalue weighted by molar-refractivity contribution is 5.27. The summed E-state index contributed by atoms with van der Waals surface area (Å²) < 4.78 is 13.2. The van der Waals surface area contributed by atoms with Gasteiger partial charge >= 0.3 is 0 Å². The summed E-state index contributed by atoms with van der Waals surface area (Å²) in [6.07, 6.45) is 9.70. The zero-order chi connectivity index (χ0) is 14.4. The van der Waals surface area contributed by atoms with Gasteiger partial charge in [-0.15, -0.1) is 0 Å². The molecule has 1 unspecified atom stereocenters. The van der Waals surface area contributed by atoms with Crippen LogP contribution < -0.4 is 5.32 Å². The molecule has 1 aromatic carbocycles. The molecule has 1 aliphatic rings. The summed E-state index contributed by atoms with van der Waals surface area (Å²) >= 11 is 0. The Bertz CT molecular complexity index is 464. The molecule has 0 aliphatic heterocycles. The monoisotopic (exact) mass is 275 g/mol. The first-order valence-corrected chi connectivity index (χ1v) is 7.85. The lowest BCUT2D eigenvalue weighted by molar-refractivity contribution is 0.503. The number of likely N-dealkylation sites (N-methyl/N-ethyl adjacent to an activating group) is 1. The lowest BCUT2D eigenvalue weighted by Crippen LogP contribution is -2.31. The topological polar surface area (TPSA) is 12.0 Å². The van der Waals surface area contributed by atoms with Gasteiger partial charge in [-0.3, -0.25) is 0 Å². The molecular weight excluding hydrogens is 249 g/mol. The van der Waals surface area contributed by atoms with Crippen molar-refractivity contribution >= 4 is 0 Å². The van der Waals surface area contributed by atoms with Crippen molar-refractivity contribution in [2.75, 3.05) is 6.54 Å². The predicted octanol–water partition coefficient (Wildman–Crippen LogP) is 4.55. The van der Waals surface area contributed by atoms with Crippen LogP contribution in [0.25, 0.3) is 0 Å². The molecule has 1 N–H and O–H groups in total. The maximum absolute atomic E-state index is 13.2. The number of hydrogen-bond acceptors (Lipinski definition) is 1. The SMILES string of the molecule is CCNC(CC1=CCCCC1)Cc1ccc(F)cc1C. The molecule has 0 aromatic heterocycles. The summed E-state index contributed by atoms with van der Waals surface area (Å²) in [4.78, 5) is 0. The second-order valence-electron chi connectivity index (χ2n) is 5.84. The molecule has 0 bridgehead atoms. The van der Waals surface area contributed by atoms with Crippen molar-refractivity contribution in [2.24, 2.45) is 0 Å². The lowest BCUT2D eigenvalue weighted by atomic mass is 9.91. The fourth-order valence-corrected chi connectivity index (χ4v) is 3.07. The Kier molecular flexibility index (Phi) is 5.78. The molecule has 0 saturated carbocycles. The Morgan fingerprint density at radius 1 is 1.25 bits per heavy atom. The molecule has 0 spiro atoms. The third-order valence-electron chi connectivity index (χ3n) is 4.16. The Hall–Kier alpha value is -1.15. The van der Waals surface area contributed by atoms with Crippen molar-refractivity contribution in [2.45, 2.75) is 58.4 Å². The number of allylic oxidation sites excluding steroid dienone is 1. The first-order valence-electron chi connectivity index (χ1n) is 7.85. The normalized spacial score (nSPS) is 16.9. The van der Waals surface area contributed by atoms with Gasteiger partial charge in [0, 0.05) is 6.04 Å². The predicted molar refractivity (Wildman–Crippen MR) is 83.5 cm³/mol. The minimum Gasteiger partial charge on any atom is -0.314 e. The van der Waals surface area contributed by atoms with Crippen LogP contribution in [0.15, 0.2) is 29.8 Å². The van der Waals surface area contributed by atoms with Crippen LogP contribution in [0.4, 0.5) is 4.39 Å². The molecule has 0 saturated heterocycles. The number of hydrogen-bond donors (Lipinski definition) is 1. The van der Waals surface area contributed by atoms with Crippen LogP contribution in [0.5, 0.6) is 0 Å². The Morgan fingerprint density at radius 2 is 2.10 bits per heavy atom. The Balaban J connectivity index is 2.02. The molecule has 1 atom stereocenters. The molecule has 0 heterocycles. The highest BCUT2D eigenvalue weighted by atomic mass is 19.1. The molecule has 110 valence electrons. The van der Waals surface area contributed by atoms with Crippen LogP contribution in [0.1, 0.15) is 50.2 Å². The van der Waals surface area contributed by atoms with Gasteiger partial charge in [0.15, 0.2) is 0 Å². The van der Waals surface area contributed by atoms with E-state index in [1.54, 1.807) is 17.7 Å². The summed E-state index contributed by atoms with van der Waals surface area (Å²) in [6.45, 7) is 5.14. The van der Waals surface area contributed by atoms with Gasteiger partial charge in [0.25, 0.3) is 0 Å². The largest absolute Gasteiger partial charge is 0.314 e. The fourth-order valence-electron chi connectivity index (χ4n) is 3.07. The standard InChI is InChI=1S/C18H26FN/c1-3-20-18(12-15-7-5-4-6-8-15)13-16-9-10-17(19)11-14(16)2/h7,9-11,18,20H,3-6,8,12-13H2,1-2H3. The highest BCUT2D eigenvalue weighted by Gasteiger charge is 2.14. The van der Waals surface area contributed by atoms with E-state index in [1.165, 1.54) is 31.2 Å². The molecule has 2 rings (SSSR count). The van der Waals surface area contributed by atoms with Gasteiger partial charge in [-0.25, -0.2) is 4.39 Å². The van der Waals surface area contributed by atoms with Crippen LogP contribution in [-0.2, 0) is 6.42 Å². The van der Waals surface area contributed by atoms with E-state index >= 15 is 0 Å². The number of nitrogens with one attached hydrogen (secondary N) is 1. The molecular formula is C18H26FN. The van der Waals surface area contributed by atoms with Gasteiger partial charge in [-0.1, -0.05) is 24.6 Å². The molecule has 1 nitrogen and oxygen atoms in total. The van der Waals surface area contributed by atoms with Gasteiger partial charge in [0.1, 0.15) is 5.82 Å². The molecule has 0 radical (unpaired) electrons. The molecule has 0 amide bonds. The van der Waals surface area contributed by atoms with E-state index in [9.17, 15) is 4.39 Å². The maximum Gasteiger partial charge on any atom is 0.123 e. The number of aryl methyl sites for hydroxylation is 1. The summed E-state index contributed by atoms with van der Waals surface area (Å²) in [5.41, 5.74) is 3.92. The van der Waals surface area contributed by atoms with Crippen molar-refractivity contribution in [3.8, 4) is 0 Å². The van der Waals surface area contributed by atoms with Crippen molar-refractivity contribution in [3.63, 3.8) is 0 Å². The van der Waals surface area contributed by atoms with Gasteiger partial charge in [0.05, 0.1) is 0 Å². The second kappa shape index (κ2) is 7.58. The zero-order valence-corrected chi connectivity index (χ0v) is 12.7. The van der Waals surface area contributed by atoms with Gasteiger partial charge in [-0.05, 0) is 75.3 Å². The minimum atomic E-state index is -0.138. The number of benzene rings is 1. The lowest BCUT2D eigenvalue weighted by Gasteiger charge is -2.22. The van der Waals surface area contributed by atoms with E-state index in [2.05, 4.69) is 18.3 Å². The first kappa shape index (κ1) is 15.2. The quantitative estimate of drug-likeness (QED) is 0.751. The molecule has 1 aromatic rings. The van der Waals surface area contributed by atoms with Crippen LogP contribution in [0.3, 0.4) is 0 Å². The van der Waals surface area contributed by atoms with Crippen molar-refractivity contribution < 1.29 is 4.39 Å². The highest BCUT2D eigenvalue weighted by Crippen LogP contribution is 2.23. The van der Waals surface area contributed by atoms with E-state index in [4.69, 9.17) is 0 Å². The first-order chi connectivity index (χ1) is 9.69. The van der Waals surface area contributed by atoms with Gasteiger partial charge < -0.3 is 5.32 Å². The molecule has 20 heavy (non-hydrogen) atoms. The van der Waals surface area contributed by atoms with E-state index < -0.39 is 0 Å². The number of halogens is 1. The zero-order valence-electron chi connectivity index (χ0n) is 12.7. The van der Waals surface area contributed by atoms with Crippen molar-refractivity contribution in [3.05, 3.63) is 46.8 Å². The summed E-state index contributed by atoms with van der Waals surface area (Å²) in [5.74, 6) is -0.138. The third-order valence-corrected chi connectivity index (χ3v) is 4.16. The summed E-state index contributed by atoms with van der Waals surface area (Å²) in [6, 6.07) is 5.61. The van der Waals surface area contributed by atoms with Crippen LogP contribution in [-0.4, -0.2) is 12.6 Å². The maximum atomic E-state index is 13.2. The van der Waals surface area contributed by atoms with Crippen LogP contribution >= 0.6 is 0 Å². The van der Waals surface area contributed by atoms with E-state index in [-0.39, 0.29) is 5.82 Å². The fraction of sp³-hybridized carbons (Fsp3) is 0.556. The average molecular weight is 275 g/mol. The van der Waals surface area contributed by atoms with E-state index in [1.807, 2.05) is 13.0 Å². The Morgan fingerprint density at radius 3 is 2.75 bits per heavy atom. The molecule has 1 aliphatic carbocycles. The summed E-state index contributed by atoms with van der Waals surface area (Å²) in [5, 5.41) is 3.59. The van der Waals surface area contributed by atoms with Gasteiger partial charge in [-0.2, -0.15) is 0 Å². The average Bonchev–Trinajstić information content (AvgIpc) is 2.43. The van der Waals surface area contributed by atoms with Crippen LogP contribution in [0, 0.1) is 12.7 Å². The van der Waals surface area contributed by atoms with Crippen LogP contribution in [0.2, 0.25) is 0 Å². The Labute approximate surface area is 122 Å². The molecule has 2 heteroatoms. The molecule has 0 fully saturated rings. The minimum absolute atomic E-state index is 0.138. The summed E-state index contributed by atoms with van der Waals surface area (Å²) in [7, 11) is 0. The van der Waals surface area contributed by atoms with Crippen molar-refractivity contribution in [1.29, 1.82) is 0 Å². The van der Waals surface area contributed by atoms with Gasteiger partial charge in [0.2, 0.25) is 0 Å². The van der Waals surface area contributed by atoms with E-state index in [0.29, 0.717) is 6.04 Å². The smallest absolute Gasteiger partial charge is 0.123 e. The van der Waals surface area contributed by atoms with Crippen molar-refractivity contribution in [1.82, 2.24) is 5.32 Å². The third kappa shape index (κ3) is 4.45.